The third kappa shape index (κ3) is 1.99. The lowest BCUT2D eigenvalue weighted by Crippen LogP contribution is -2.21. The van der Waals surface area contributed by atoms with Gasteiger partial charge in [-0.25, -0.2) is 9.18 Å². The van der Waals surface area contributed by atoms with Crippen LogP contribution in [-0.2, 0) is 4.74 Å². The minimum atomic E-state index is -0.920. The van der Waals surface area contributed by atoms with Gasteiger partial charge in [-0.2, -0.15) is 0 Å². The second-order valence-electron chi connectivity index (χ2n) is 4.84. The van der Waals surface area contributed by atoms with Crippen molar-refractivity contribution in [2.24, 2.45) is 0 Å². The smallest absolute Gasteiger partial charge is 0.343 e. The summed E-state index contributed by atoms with van der Waals surface area (Å²) in [4.78, 5) is 24.2. The molecule has 1 saturated carbocycles. The summed E-state index contributed by atoms with van der Waals surface area (Å²) in [7, 11) is 0. The number of pyridine rings is 1. The molecule has 0 amide bonds. The zero-order valence-corrected chi connectivity index (χ0v) is 11.0. The Morgan fingerprint density at radius 2 is 2.15 bits per heavy atom. The number of fused-ring (bicyclic) bond motifs is 1. The van der Waals surface area contributed by atoms with Crippen molar-refractivity contribution < 1.29 is 13.9 Å². The van der Waals surface area contributed by atoms with Gasteiger partial charge in [-0.1, -0.05) is 12.1 Å². The van der Waals surface area contributed by atoms with E-state index in [1.165, 1.54) is 6.20 Å². The monoisotopic (exact) mass is 275 g/mol. The number of nitrogens with zero attached hydrogens (tertiary/aromatic N) is 1. The molecule has 2 aromatic rings. The lowest BCUT2D eigenvalue weighted by Gasteiger charge is -2.12. The van der Waals surface area contributed by atoms with Gasteiger partial charge in [0.05, 0.1) is 18.2 Å². The van der Waals surface area contributed by atoms with Gasteiger partial charge in [0.2, 0.25) is 5.43 Å². The number of esters is 1. The van der Waals surface area contributed by atoms with E-state index in [2.05, 4.69) is 0 Å². The molecule has 0 unspecified atom stereocenters. The number of para-hydroxylation sites is 1. The second-order valence-corrected chi connectivity index (χ2v) is 4.84. The van der Waals surface area contributed by atoms with E-state index in [4.69, 9.17) is 4.74 Å². The molecule has 2 atom stereocenters. The molecule has 4 nitrogen and oxygen atoms in total. The number of aromatic nitrogens is 1. The lowest BCUT2D eigenvalue weighted by atomic mass is 10.1. The lowest BCUT2D eigenvalue weighted by molar-refractivity contribution is 0.0524. The summed E-state index contributed by atoms with van der Waals surface area (Å²) in [5.41, 5.74) is 0.242. The van der Waals surface area contributed by atoms with E-state index in [-0.39, 0.29) is 23.6 Å². The van der Waals surface area contributed by atoms with Crippen molar-refractivity contribution >= 4 is 16.9 Å². The fourth-order valence-corrected chi connectivity index (χ4v) is 2.37. The Hall–Kier alpha value is -2.17. The number of carbonyl (C=O) groups is 1. The zero-order chi connectivity index (χ0) is 14.3. The van der Waals surface area contributed by atoms with Gasteiger partial charge in [-0.05, 0) is 19.1 Å². The first kappa shape index (κ1) is 12.8. The molecule has 0 aliphatic heterocycles. The first-order valence-electron chi connectivity index (χ1n) is 6.58. The molecule has 1 aromatic heterocycles. The molecule has 20 heavy (non-hydrogen) atoms. The van der Waals surface area contributed by atoms with E-state index in [0.717, 1.165) is 0 Å². The van der Waals surface area contributed by atoms with Gasteiger partial charge in [-0.3, -0.25) is 4.79 Å². The van der Waals surface area contributed by atoms with Gasteiger partial charge in [0, 0.05) is 18.0 Å². The maximum absolute atomic E-state index is 13.4. The molecule has 1 aromatic carbocycles. The Balaban J connectivity index is 2.24. The molecule has 1 heterocycles. The Morgan fingerprint density at radius 3 is 2.80 bits per heavy atom. The average Bonchev–Trinajstić information content (AvgIpc) is 3.16. The molecular formula is C15H14FNO3. The van der Waals surface area contributed by atoms with Crippen molar-refractivity contribution in [1.29, 1.82) is 0 Å². The van der Waals surface area contributed by atoms with Crippen LogP contribution >= 0.6 is 0 Å². The first-order chi connectivity index (χ1) is 9.63. The van der Waals surface area contributed by atoms with Crippen LogP contribution < -0.4 is 5.43 Å². The summed E-state index contributed by atoms with van der Waals surface area (Å²) in [6.07, 6.45) is 0.915. The van der Waals surface area contributed by atoms with E-state index in [1.54, 1.807) is 35.8 Å². The molecule has 1 fully saturated rings. The summed E-state index contributed by atoms with van der Waals surface area (Å²) in [5, 5.41) is 0.414. The van der Waals surface area contributed by atoms with Crippen molar-refractivity contribution in [3.05, 3.63) is 46.2 Å². The summed E-state index contributed by atoms with van der Waals surface area (Å²) < 4.78 is 19.9. The summed E-state index contributed by atoms with van der Waals surface area (Å²) in [5.74, 6) is -0.659. The quantitative estimate of drug-likeness (QED) is 0.808. The second kappa shape index (κ2) is 4.74. The highest BCUT2D eigenvalue weighted by Crippen LogP contribution is 2.40. The molecule has 1 aliphatic carbocycles. The maximum Gasteiger partial charge on any atom is 0.343 e. The van der Waals surface area contributed by atoms with Gasteiger partial charge in [0.25, 0.3) is 0 Å². The van der Waals surface area contributed by atoms with Crippen molar-refractivity contribution in [3.63, 3.8) is 0 Å². The minimum absolute atomic E-state index is 0.0374. The Bertz CT molecular complexity index is 737. The van der Waals surface area contributed by atoms with Gasteiger partial charge < -0.3 is 9.30 Å². The number of halogens is 1. The van der Waals surface area contributed by atoms with E-state index in [9.17, 15) is 14.0 Å². The highest BCUT2D eigenvalue weighted by Gasteiger charge is 2.40. The molecule has 0 radical (unpaired) electrons. The average molecular weight is 275 g/mol. The van der Waals surface area contributed by atoms with Crippen LogP contribution in [0.15, 0.2) is 35.3 Å². The van der Waals surface area contributed by atoms with E-state index >= 15 is 0 Å². The molecule has 3 rings (SSSR count). The zero-order valence-electron chi connectivity index (χ0n) is 11.0. The fourth-order valence-electron chi connectivity index (χ4n) is 2.37. The predicted octanol–water partition coefficient (Wildman–Crippen LogP) is 2.46. The molecular weight excluding hydrogens is 261 g/mol. The molecule has 1 aliphatic rings. The Morgan fingerprint density at radius 1 is 1.45 bits per heavy atom. The van der Waals surface area contributed by atoms with Gasteiger partial charge >= 0.3 is 5.97 Å². The van der Waals surface area contributed by atoms with Crippen molar-refractivity contribution in [2.45, 2.75) is 25.6 Å². The number of hydrogen-bond donors (Lipinski definition) is 0. The molecule has 0 spiro atoms. The first-order valence-corrected chi connectivity index (χ1v) is 6.58. The van der Waals surface area contributed by atoms with Gasteiger partial charge in [0.1, 0.15) is 11.7 Å². The van der Waals surface area contributed by atoms with Crippen LogP contribution in [0.1, 0.15) is 29.7 Å². The topological polar surface area (TPSA) is 48.3 Å². The Kier molecular flexibility index (Phi) is 3.04. The third-order valence-corrected chi connectivity index (χ3v) is 3.47. The molecule has 104 valence electrons. The summed E-state index contributed by atoms with van der Waals surface area (Å²) in [6.45, 7) is 1.87. The highest BCUT2D eigenvalue weighted by molar-refractivity contribution is 5.93. The van der Waals surface area contributed by atoms with E-state index in [1.807, 2.05) is 0 Å². The summed E-state index contributed by atoms with van der Waals surface area (Å²) in [6, 6.07) is 6.62. The normalized spacial score (nSPS) is 20.9. The SMILES string of the molecule is CCOC(=O)c1cn([C@@H]2C[C@@H]2F)c2ccccc2c1=O. The van der Waals surface area contributed by atoms with Crippen LogP contribution in [0.5, 0.6) is 0 Å². The number of carbonyl (C=O) groups excluding carboxylic acids is 1. The van der Waals surface area contributed by atoms with Crippen molar-refractivity contribution in [2.75, 3.05) is 6.61 Å². The fraction of sp³-hybridized carbons (Fsp3) is 0.333. The molecule has 0 saturated heterocycles. The maximum atomic E-state index is 13.4. The number of alkyl halides is 1. The molecule has 0 bridgehead atoms. The number of rotatable bonds is 3. The predicted molar refractivity (Wildman–Crippen MR) is 72.7 cm³/mol. The van der Waals surface area contributed by atoms with Crippen LogP contribution in [0.25, 0.3) is 10.9 Å². The highest BCUT2D eigenvalue weighted by atomic mass is 19.1. The molecule has 5 heteroatoms. The van der Waals surface area contributed by atoms with Crippen LogP contribution in [-0.4, -0.2) is 23.3 Å². The van der Waals surface area contributed by atoms with Gasteiger partial charge in [-0.15, -0.1) is 0 Å². The van der Waals surface area contributed by atoms with Crippen LogP contribution in [0.4, 0.5) is 4.39 Å². The van der Waals surface area contributed by atoms with Crippen LogP contribution in [0.2, 0.25) is 0 Å². The van der Waals surface area contributed by atoms with Crippen LogP contribution in [0, 0.1) is 0 Å². The summed E-state index contributed by atoms with van der Waals surface area (Å²) >= 11 is 0. The Labute approximate surface area is 114 Å². The largest absolute Gasteiger partial charge is 0.462 e. The standard InChI is InChI=1S/C15H14FNO3/c1-2-20-15(19)10-8-17(13-7-11(13)16)12-6-4-3-5-9(12)14(10)18/h3-6,8,11,13H,2,7H2,1H3/t11-,13+/m0/s1. The van der Waals surface area contributed by atoms with Gasteiger partial charge in [0.15, 0.2) is 0 Å². The van der Waals surface area contributed by atoms with Crippen molar-refractivity contribution in [3.8, 4) is 0 Å². The third-order valence-electron chi connectivity index (χ3n) is 3.47. The van der Waals surface area contributed by atoms with E-state index < -0.39 is 12.1 Å². The number of benzene rings is 1. The van der Waals surface area contributed by atoms with Crippen molar-refractivity contribution in [1.82, 2.24) is 4.57 Å². The van der Waals surface area contributed by atoms with E-state index in [0.29, 0.717) is 17.3 Å². The number of hydrogen-bond acceptors (Lipinski definition) is 3. The van der Waals surface area contributed by atoms with Crippen LogP contribution in [0.3, 0.4) is 0 Å². The number of ether oxygens (including phenoxy) is 1. The molecule has 0 N–H and O–H groups in total. The minimum Gasteiger partial charge on any atom is -0.462 e.